The van der Waals surface area contributed by atoms with E-state index in [0.717, 1.165) is 25.0 Å². The van der Waals surface area contributed by atoms with E-state index in [1.165, 1.54) is 6.42 Å². The maximum absolute atomic E-state index is 6.40. The van der Waals surface area contributed by atoms with E-state index in [4.69, 9.17) is 28.7 Å². The zero-order valence-electron chi connectivity index (χ0n) is 17.5. The number of hydrogen-bond donors (Lipinski definition) is 0. The maximum atomic E-state index is 6.40. The van der Waals surface area contributed by atoms with E-state index in [-0.39, 0.29) is 18.1 Å². The highest BCUT2D eigenvalue weighted by atomic mass is 17.3. The molecule has 29 heavy (non-hydrogen) atoms. The van der Waals surface area contributed by atoms with E-state index in [1.807, 2.05) is 37.3 Å². The van der Waals surface area contributed by atoms with Crippen LogP contribution in [-0.2, 0) is 24.0 Å². The van der Waals surface area contributed by atoms with E-state index >= 15 is 0 Å². The van der Waals surface area contributed by atoms with Gasteiger partial charge in [0.25, 0.3) is 0 Å². The summed E-state index contributed by atoms with van der Waals surface area (Å²) in [5, 5.41) is 0. The van der Waals surface area contributed by atoms with Crippen LogP contribution in [0.4, 0.5) is 0 Å². The highest BCUT2D eigenvalue weighted by Crippen LogP contribution is 2.60. The topological polar surface area (TPSA) is 55.4 Å². The number of ether oxygens (including phenoxy) is 4. The molecular formula is C23H32O6. The fraction of sp³-hybridized carbons (Fsp3) is 0.739. The fourth-order valence-corrected chi connectivity index (χ4v) is 5.90. The van der Waals surface area contributed by atoms with Crippen LogP contribution in [0.2, 0.25) is 0 Å². The van der Waals surface area contributed by atoms with Crippen LogP contribution in [0, 0.1) is 23.7 Å². The first kappa shape index (κ1) is 19.8. The fourth-order valence-electron chi connectivity index (χ4n) is 5.90. The summed E-state index contributed by atoms with van der Waals surface area (Å²) in [6.45, 7) is 7.42. The van der Waals surface area contributed by atoms with Gasteiger partial charge in [-0.2, -0.15) is 0 Å². The number of rotatable bonds is 5. The van der Waals surface area contributed by atoms with Crippen LogP contribution in [0.1, 0.15) is 46.5 Å². The van der Waals surface area contributed by atoms with Crippen molar-refractivity contribution < 1.29 is 28.7 Å². The minimum absolute atomic E-state index is 0.188. The highest BCUT2D eigenvalue weighted by molar-refractivity contribution is 5.20. The number of para-hydroxylation sites is 1. The normalized spacial score (nSPS) is 46.0. The number of fused-ring (bicyclic) bond motifs is 2. The standard InChI is InChI=1S/C23H32O6/c1-15-9-10-19-16(2)20(25-14-13-24-17-7-5-4-6-8-17)26-21-23(19)18(15)11-12-22(3,27-21)28-29-23/h4-8,15-16,18-21H,9-14H2,1-3H3/t15-,16-,18?,19?,20?,21-,22+,23-/m1/s1. The van der Waals surface area contributed by atoms with Crippen molar-refractivity contribution >= 4 is 0 Å². The van der Waals surface area contributed by atoms with Crippen molar-refractivity contribution in [3.8, 4) is 5.75 Å². The van der Waals surface area contributed by atoms with Crippen LogP contribution in [0.25, 0.3) is 0 Å². The van der Waals surface area contributed by atoms with Crippen LogP contribution < -0.4 is 4.74 Å². The van der Waals surface area contributed by atoms with Gasteiger partial charge in [-0.25, -0.2) is 9.78 Å². The van der Waals surface area contributed by atoms with Gasteiger partial charge >= 0.3 is 0 Å². The van der Waals surface area contributed by atoms with Gasteiger partial charge < -0.3 is 18.9 Å². The quantitative estimate of drug-likeness (QED) is 0.539. The van der Waals surface area contributed by atoms with Crippen LogP contribution in [0.15, 0.2) is 30.3 Å². The predicted molar refractivity (Wildman–Crippen MR) is 105 cm³/mol. The van der Waals surface area contributed by atoms with Crippen LogP contribution in [0.3, 0.4) is 0 Å². The Bertz CT molecular complexity index is 713. The van der Waals surface area contributed by atoms with Crippen molar-refractivity contribution in [2.45, 2.75) is 70.4 Å². The molecule has 0 radical (unpaired) electrons. The smallest absolute Gasteiger partial charge is 0.201 e. The van der Waals surface area contributed by atoms with E-state index < -0.39 is 17.7 Å². The molecule has 5 fully saturated rings. The second-order valence-corrected chi connectivity index (χ2v) is 9.31. The number of hydrogen-bond acceptors (Lipinski definition) is 6. The Hall–Kier alpha value is -1.18. The van der Waals surface area contributed by atoms with Crippen LogP contribution in [0.5, 0.6) is 5.75 Å². The molecule has 5 aliphatic rings. The molecule has 8 atom stereocenters. The first-order chi connectivity index (χ1) is 14.0. The van der Waals surface area contributed by atoms with Crippen LogP contribution >= 0.6 is 0 Å². The van der Waals surface area contributed by atoms with E-state index in [0.29, 0.717) is 25.0 Å². The molecule has 4 aliphatic heterocycles. The first-order valence-corrected chi connectivity index (χ1v) is 11.0. The lowest BCUT2D eigenvalue weighted by Crippen LogP contribution is -2.70. The molecule has 0 aromatic heterocycles. The Morgan fingerprint density at radius 1 is 1.00 bits per heavy atom. The molecule has 6 rings (SSSR count). The summed E-state index contributed by atoms with van der Waals surface area (Å²) in [4.78, 5) is 12.0. The van der Waals surface area contributed by atoms with Gasteiger partial charge in [-0.05, 0) is 50.2 Å². The molecule has 2 bridgehead atoms. The average molecular weight is 405 g/mol. The minimum atomic E-state index is -0.751. The summed E-state index contributed by atoms with van der Waals surface area (Å²) in [5.74, 6) is 1.51. The molecule has 1 spiro atoms. The summed E-state index contributed by atoms with van der Waals surface area (Å²) >= 11 is 0. The monoisotopic (exact) mass is 404 g/mol. The molecule has 0 N–H and O–H groups in total. The van der Waals surface area contributed by atoms with Crippen molar-refractivity contribution in [1.29, 1.82) is 0 Å². The lowest BCUT2D eigenvalue weighted by Gasteiger charge is -2.60. The zero-order chi connectivity index (χ0) is 20.1. The highest BCUT2D eigenvalue weighted by Gasteiger charge is 2.69. The van der Waals surface area contributed by atoms with E-state index in [9.17, 15) is 0 Å². The summed E-state index contributed by atoms with van der Waals surface area (Å²) < 4.78 is 24.7. The molecule has 4 heterocycles. The third kappa shape index (κ3) is 3.29. The second-order valence-electron chi connectivity index (χ2n) is 9.31. The summed E-state index contributed by atoms with van der Waals surface area (Å²) in [5.41, 5.74) is -0.534. The minimum Gasteiger partial charge on any atom is -0.491 e. The van der Waals surface area contributed by atoms with Gasteiger partial charge in [0.2, 0.25) is 5.79 Å². The molecule has 0 amide bonds. The van der Waals surface area contributed by atoms with Crippen LogP contribution in [-0.4, -0.2) is 37.2 Å². The Morgan fingerprint density at radius 2 is 1.83 bits per heavy atom. The lowest BCUT2D eigenvalue weighted by molar-refractivity contribution is -0.577. The number of benzene rings is 1. The molecule has 1 aliphatic carbocycles. The van der Waals surface area contributed by atoms with Gasteiger partial charge in [-0.1, -0.05) is 32.0 Å². The SMILES string of the molecule is C[C@H]1C(OCCOc2ccccc2)O[C@@H]2O[C@]3(C)CCC4[C@H](C)CCC1[C@]42OO3. The summed E-state index contributed by atoms with van der Waals surface area (Å²) in [6.07, 6.45) is 3.33. The summed E-state index contributed by atoms with van der Waals surface area (Å²) in [7, 11) is 0. The maximum Gasteiger partial charge on any atom is 0.201 e. The van der Waals surface area contributed by atoms with Crippen molar-refractivity contribution in [3.05, 3.63) is 30.3 Å². The largest absolute Gasteiger partial charge is 0.491 e. The molecule has 1 saturated carbocycles. The first-order valence-electron chi connectivity index (χ1n) is 11.0. The van der Waals surface area contributed by atoms with Crippen molar-refractivity contribution in [2.75, 3.05) is 13.2 Å². The third-order valence-electron chi connectivity index (χ3n) is 7.47. The molecule has 160 valence electrons. The Balaban J connectivity index is 1.29. The predicted octanol–water partition coefficient (Wildman–Crippen LogP) is 4.29. The zero-order valence-corrected chi connectivity index (χ0v) is 17.5. The van der Waals surface area contributed by atoms with Gasteiger partial charge in [0.05, 0.1) is 6.61 Å². The Kier molecular flexibility index (Phi) is 5.11. The van der Waals surface area contributed by atoms with Crippen molar-refractivity contribution in [1.82, 2.24) is 0 Å². The molecule has 3 unspecified atom stereocenters. The van der Waals surface area contributed by atoms with Gasteiger partial charge in [0, 0.05) is 18.3 Å². The van der Waals surface area contributed by atoms with E-state index in [1.54, 1.807) is 0 Å². The molecule has 1 aromatic carbocycles. The lowest BCUT2D eigenvalue weighted by atomic mass is 9.58. The Morgan fingerprint density at radius 3 is 2.66 bits per heavy atom. The van der Waals surface area contributed by atoms with Crippen molar-refractivity contribution in [2.24, 2.45) is 23.7 Å². The van der Waals surface area contributed by atoms with Gasteiger partial charge in [-0.15, -0.1) is 0 Å². The van der Waals surface area contributed by atoms with Gasteiger partial charge in [0.1, 0.15) is 12.4 Å². The summed E-state index contributed by atoms with van der Waals surface area (Å²) in [6, 6.07) is 9.79. The third-order valence-corrected chi connectivity index (χ3v) is 7.47. The molecular weight excluding hydrogens is 372 g/mol. The van der Waals surface area contributed by atoms with Crippen molar-refractivity contribution in [3.63, 3.8) is 0 Å². The van der Waals surface area contributed by atoms with Gasteiger partial charge in [0.15, 0.2) is 18.2 Å². The average Bonchev–Trinajstić information content (AvgIpc) is 2.95. The molecule has 1 aromatic rings. The van der Waals surface area contributed by atoms with Gasteiger partial charge in [-0.3, -0.25) is 0 Å². The second kappa shape index (κ2) is 7.50. The molecule has 4 saturated heterocycles. The Labute approximate surface area is 172 Å². The molecule has 6 heteroatoms. The molecule has 6 nitrogen and oxygen atoms in total. The van der Waals surface area contributed by atoms with E-state index in [2.05, 4.69) is 13.8 Å².